The van der Waals surface area contributed by atoms with E-state index < -0.39 is 0 Å². The summed E-state index contributed by atoms with van der Waals surface area (Å²) in [7, 11) is 0. The highest BCUT2D eigenvalue weighted by Gasteiger charge is 2.23. The van der Waals surface area contributed by atoms with E-state index in [-0.39, 0.29) is 12.1 Å². The number of anilines is 2. The molecule has 1 heterocycles. The zero-order chi connectivity index (χ0) is 14.5. The maximum atomic E-state index is 12.7. The molecule has 1 fully saturated rings. The minimum Gasteiger partial charge on any atom is -0.335 e. The Morgan fingerprint density at radius 3 is 2.62 bits per heavy atom. The van der Waals surface area contributed by atoms with Crippen molar-refractivity contribution < 1.29 is 4.79 Å². The van der Waals surface area contributed by atoms with Crippen LogP contribution in [0, 0.1) is 0 Å². The van der Waals surface area contributed by atoms with Crippen molar-refractivity contribution in [3.05, 3.63) is 41.9 Å². The van der Waals surface area contributed by atoms with Crippen LogP contribution in [-0.2, 0) is 0 Å². The van der Waals surface area contributed by atoms with Crippen LogP contribution >= 0.6 is 11.3 Å². The third-order valence-corrected chi connectivity index (χ3v) is 4.52. The molecule has 2 amide bonds. The highest BCUT2D eigenvalue weighted by molar-refractivity contribution is 7.13. The van der Waals surface area contributed by atoms with Crippen LogP contribution < -0.4 is 10.2 Å². The number of hydrogen-bond donors (Lipinski definition) is 1. The molecule has 0 atom stereocenters. The molecule has 0 unspecified atom stereocenters. The maximum Gasteiger partial charge on any atom is 0.328 e. The van der Waals surface area contributed by atoms with Gasteiger partial charge in [-0.25, -0.2) is 14.7 Å². The Balaban J connectivity index is 1.80. The Kier molecular flexibility index (Phi) is 4.50. The molecule has 110 valence electrons. The third kappa shape index (κ3) is 3.42. The van der Waals surface area contributed by atoms with Gasteiger partial charge >= 0.3 is 6.03 Å². The molecule has 1 N–H and O–H groups in total. The van der Waals surface area contributed by atoms with Gasteiger partial charge in [-0.2, -0.15) is 0 Å². The van der Waals surface area contributed by atoms with Gasteiger partial charge in [-0.05, 0) is 25.0 Å². The first-order valence-corrected chi connectivity index (χ1v) is 8.28. The van der Waals surface area contributed by atoms with E-state index in [1.807, 2.05) is 35.7 Å². The summed E-state index contributed by atoms with van der Waals surface area (Å²) in [5, 5.41) is 5.75. The van der Waals surface area contributed by atoms with Crippen molar-refractivity contribution in [1.82, 2.24) is 10.3 Å². The number of benzene rings is 1. The number of thiazole rings is 1. The van der Waals surface area contributed by atoms with Gasteiger partial charge in [0.15, 0.2) is 5.13 Å². The number of nitrogens with zero attached hydrogens (tertiary/aromatic N) is 2. The predicted molar refractivity (Wildman–Crippen MR) is 86.1 cm³/mol. The number of aromatic nitrogens is 1. The van der Waals surface area contributed by atoms with Gasteiger partial charge in [-0.15, -0.1) is 11.3 Å². The molecular formula is C16H19N3OS. The average molecular weight is 301 g/mol. The Morgan fingerprint density at radius 2 is 1.95 bits per heavy atom. The van der Waals surface area contributed by atoms with Gasteiger partial charge in [0, 0.05) is 17.6 Å². The number of hydrogen-bond acceptors (Lipinski definition) is 3. The van der Waals surface area contributed by atoms with Crippen molar-refractivity contribution in [2.75, 3.05) is 4.90 Å². The SMILES string of the molecule is O=C(NC1CCCCC1)N(c1ccccc1)c1nccs1. The van der Waals surface area contributed by atoms with Gasteiger partial charge in [0.25, 0.3) is 0 Å². The fourth-order valence-electron chi connectivity index (χ4n) is 2.70. The van der Waals surface area contributed by atoms with Gasteiger partial charge in [-0.3, -0.25) is 0 Å². The molecule has 0 aliphatic heterocycles. The molecule has 0 saturated heterocycles. The summed E-state index contributed by atoms with van der Waals surface area (Å²) in [5.74, 6) is 0. The van der Waals surface area contributed by atoms with Crippen LogP contribution in [0.1, 0.15) is 32.1 Å². The van der Waals surface area contributed by atoms with E-state index in [1.54, 1.807) is 11.1 Å². The van der Waals surface area contributed by atoms with Gasteiger partial charge in [0.2, 0.25) is 0 Å². The lowest BCUT2D eigenvalue weighted by molar-refractivity contribution is 0.240. The Morgan fingerprint density at radius 1 is 1.19 bits per heavy atom. The van der Waals surface area contributed by atoms with Crippen molar-refractivity contribution in [3.8, 4) is 0 Å². The zero-order valence-electron chi connectivity index (χ0n) is 11.9. The minimum absolute atomic E-state index is 0.0805. The van der Waals surface area contributed by atoms with Crippen LogP contribution in [0.2, 0.25) is 0 Å². The van der Waals surface area contributed by atoms with Crippen LogP contribution in [0.25, 0.3) is 0 Å². The van der Waals surface area contributed by atoms with Crippen LogP contribution in [-0.4, -0.2) is 17.1 Å². The molecule has 0 bridgehead atoms. The molecule has 0 radical (unpaired) electrons. The van der Waals surface area contributed by atoms with E-state index in [1.165, 1.54) is 30.6 Å². The second-order valence-corrected chi connectivity index (χ2v) is 6.14. The molecule has 1 aromatic heterocycles. The fraction of sp³-hybridized carbons (Fsp3) is 0.375. The van der Waals surface area contributed by atoms with Crippen LogP contribution in [0.3, 0.4) is 0 Å². The lowest BCUT2D eigenvalue weighted by Crippen LogP contribution is -2.43. The lowest BCUT2D eigenvalue weighted by Gasteiger charge is -2.27. The Hall–Kier alpha value is -1.88. The number of nitrogens with one attached hydrogen (secondary N) is 1. The number of urea groups is 1. The molecule has 2 aromatic rings. The molecule has 5 heteroatoms. The second-order valence-electron chi connectivity index (χ2n) is 5.27. The van der Waals surface area contributed by atoms with Crippen molar-refractivity contribution >= 4 is 28.2 Å². The first-order valence-electron chi connectivity index (χ1n) is 7.40. The van der Waals surface area contributed by atoms with Gasteiger partial charge < -0.3 is 5.32 Å². The van der Waals surface area contributed by atoms with E-state index in [0.29, 0.717) is 5.13 Å². The quantitative estimate of drug-likeness (QED) is 0.917. The summed E-state index contributed by atoms with van der Waals surface area (Å²) in [6.45, 7) is 0. The molecule has 0 spiro atoms. The normalized spacial score (nSPS) is 15.6. The van der Waals surface area contributed by atoms with Crippen LogP contribution in [0.5, 0.6) is 0 Å². The first-order chi connectivity index (χ1) is 10.3. The highest BCUT2D eigenvalue weighted by atomic mass is 32.1. The lowest BCUT2D eigenvalue weighted by atomic mass is 9.96. The fourth-order valence-corrected chi connectivity index (χ4v) is 3.36. The third-order valence-electron chi connectivity index (χ3n) is 3.76. The summed E-state index contributed by atoms with van der Waals surface area (Å²) in [6, 6.07) is 9.89. The monoisotopic (exact) mass is 301 g/mol. The smallest absolute Gasteiger partial charge is 0.328 e. The van der Waals surface area contributed by atoms with Crippen molar-refractivity contribution in [2.24, 2.45) is 0 Å². The summed E-state index contributed by atoms with van der Waals surface area (Å²) in [6.07, 6.45) is 7.56. The Labute approximate surface area is 128 Å². The summed E-state index contributed by atoms with van der Waals surface area (Å²) >= 11 is 1.47. The van der Waals surface area contributed by atoms with Crippen LogP contribution in [0.15, 0.2) is 41.9 Å². The topological polar surface area (TPSA) is 45.2 Å². The zero-order valence-corrected chi connectivity index (χ0v) is 12.7. The second kappa shape index (κ2) is 6.72. The number of amides is 2. The van der Waals surface area contributed by atoms with E-state index in [4.69, 9.17) is 0 Å². The predicted octanol–water partition coefficient (Wildman–Crippen LogP) is 4.32. The number of carbonyl (C=O) groups excluding carboxylic acids is 1. The number of carbonyl (C=O) groups is 1. The molecular weight excluding hydrogens is 282 g/mol. The average Bonchev–Trinajstić information content (AvgIpc) is 3.03. The number of rotatable bonds is 3. The molecule has 4 nitrogen and oxygen atoms in total. The molecule has 1 aliphatic rings. The molecule has 1 saturated carbocycles. The standard InChI is InChI=1S/C16H19N3OS/c20-15(18-13-7-3-1-4-8-13)19(16-17-11-12-21-16)14-9-5-2-6-10-14/h2,5-6,9-13H,1,3-4,7-8H2,(H,18,20). The Bertz CT molecular complexity index is 564. The van der Waals surface area contributed by atoms with Crippen molar-refractivity contribution in [3.63, 3.8) is 0 Å². The summed E-state index contributed by atoms with van der Waals surface area (Å²) in [4.78, 5) is 18.6. The molecule has 21 heavy (non-hydrogen) atoms. The van der Waals surface area contributed by atoms with Crippen molar-refractivity contribution in [1.29, 1.82) is 0 Å². The van der Waals surface area contributed by atoms with Crippen molar-refractivity contribution in [2.45, 2.75) is 38.1 Å². The number of para-hydroxylation sites is 1. The molecule has 1 aromatic carbocycles. The molecule has 1 aliphatic carbocycles. The van der Waals surface area contributed by atoms with Gasteiger partial charge in [-0.1, -0.05) is 37.5 Å². The minimum atomic E-state index is -0.0805. The van der Waals surface area contributed by atoms with E-state index in [0.717, 1.165) is 18.5 Å². The summed E-state index contributed by atoms with van der Waals surface area (Å²) < 4.78 is 0. The highest BCUT2D eigenvalue weighted by Crippen LogP contribution is 2.27. The van der Waals surface area contributed by atoms with Gasteiger partial charge in [0.05, 0.1) is 5.69 Å². The first kappa shape index (κ1) is 14.1. The van der Waals surface area contributed by atoms with E-state index >= 15 is 0 Å². The van der Waals surface area contributed by atoms with Gasteiger partial charge in [0.1, 0.15) is 0 Å². The largest absolute Gasteiger partial charge is 0.335 e. The van der Waals surface area contributed by atoms with Crippen LogP contribution in [0.4, 0.5) is 15.6 Å². The summed E-state index contributed by atoms with van der Waals surface area (Å²) in [5.41, 5.74) is 0.848. The maximum absolute atomic E-state index is 12.7. The van der Waals surface area contributed by atoms with E-state index in [2.05, 4.69) is 10.3 Å². The molecule has 3 rings (SSSR count). The van der Waals surface area contributed by atoms with E-state index in [9.17, 15) is 4.79 Å².